The fourth-order valence-electron chi connectivity index (χ4n) is 18.9. The van der Waals surface area contributed by atoms with E-state index in [1.54, 1.807) is 24.8 Å². The first-order valence-corrected chi connectivity index (χ1v) is 47.3. The van der Waals surface area contributed by atoms with Crippen molar-refractivity contribution < 1.29 is 84.8 Å². The fraction of sp³-hybridized carbons (Fsp3) is 0.231. The first-order valence-electron chi connectivity index (χ1n) is 47.3. The number of aromatic nitrogens is 16. The Morgan fingerprint density at radius 3 is 1.37 bits per heavy atom. The summed E-state index contributed by atoms with van der Waals surface area (Å²) in [5.74, 6) is 6.67. The Kier molecular flexibility index (Phi) is 35.6. The molecule has 0 spiro atoms. The molecule has 0 fully saturated rings. The molecule has 0 N–H and O–H groups in total. The van der Waals surface area contributed by atoms with Gasteiger partial charge in [0.1, 0.15) is 29.1 Å². The van der Waals surface area contributed by atoms with Crippen molar-refractivity contribution in [1.29, 1.82) is 0 Å². The molecule has 0 saturated carbocycles. The Hall–Kier alpha value is -12.9. The van der Waals surface area contributed by atoms with E-state index in [9.17, 15) is 0 Å². The van der Waals surface area contributed by atoms with Crippen molar-refractivity contribution >= 4 is 28.0 Å². The summed E-state index contributed by atoms with van der Waals surface area (Å²) in [4.78, 5) is 22.8. The molecule has 0 amide bonds. The topological polar surface area (TPSA) is 164 Å². The summed E-state index contributed by atoms with van der Waals surface area (Å²) >= 11 is 0. The average molecular weight is 2580 g/mol. The van der Waals surface area contributed by atoms with Gasteiger partial charge in [-0.15, -0.1) is 113 Å². The quantitative estimate of drug-likeness (QED) is 0.0755. The summed E-state index contributed by atoms with van der Waals surface area (Å²) < 4.78 is 21.1. The van der Waals surface area contributed by atoms with Crippen LogP contribution in [-0.2, 0) is 93.3 Å². The Morgan fingerprint density at radius 1 is 0.408 bits per heavy atom. The van der Waals surface area contributed by atoms with Gasteiger partial charge in [0.05, 0.1) is 17.5 Å². The number of aryl methyl sites for hydroxylation is 8. The zero-order chi connectivity index (χ0) is 97.7. The minimum Gasteiger partial charge on any atom is -0.456 e. The van der Waals surface area contributed by atoms with Crippen LogP contribution in [0.25, 0.3) is 125 Å². The van der Waals surface area contributed by atoms with E-state index >= 15 is 0 Å². The zero-order valence-electron chi connectivity index (χ0n) is 85.1. The molecule has 0 aliphatic rings. The summed E-state index contributed by atoms with van der Waals surface area (Å²) in [6.07, 6.45) is 16.8. The smallest absolute Gasteiger partial charge is 0.161 e. The maximum absolute atomic E-state index is 6.25. The molecule has 732 valence electrons. The summed E-state index contributed by atoms with van der Waals surface area (Å²) in [7, 11) is 0. The molecule has 20 rings (SSSR count). The molecule has 0 aliphatic carbocycles. The third-order valence-corrected chi connectivity index (χ3v) is 26.0. The summed E-state index contributed by atoms with van der Waals surface area (Å²) in [6, 6.07) is 91.6. The van der Waals surface area contributed by atoms with Crippen molar-refractivity contribution in [3.05, 3.63) is 422 Å². The minimum atomic E-state index is 0. The van der Waals surface area contributed by atoms with Crippen molar-refractivity contribution in [3.8, 4) is 96.8 Å². The van der Waals surface area contributed by atoms with Crippen LogP contribution < -0.4 is 0 Å². The Bertz CT molecular complexity index is 7680. The minimum absolute atomic E-state index is 0. The predicted octanol–water partition coefficient (Wildman–Crippen LogP) is 28.8. The van der Waals surface area contributed by atoms with Gasteiger partial charge in [-0.05, 0) is 241 Å². The predicted molar refractivity (Wildman–Crippen MR) is 563 cm³/mol. The second-order valence-corrected chi connectivity index (χ2v) is 37.8. The number of pyridine rings is 1. The maximum atomic E-state index is 6.25. The van der Waals surface area contributed by atoms with Gasteiger partial charge in [0, 0.05) is 173 Å². The van der Waals surface area contributed by atoms with Crippen LogP contribution in [0.3, 0.4) is 0 Å². The van der Waals surface area contributed by atoms with Gasteiger partial charge in [-0.2, -0.15) is 39.6 Å². The molecule has 9 heterocycles. The number of benzene rings is 11. The van der Waals surface area contributed by atoms with Crippen LogP contribution >= 0.6 is 0 Å². The number of fused-ring (bicyclic) bond motifs is 3. The van der Waals surface area contributed by atoms with E-state index in [1.807, 2.05) is 131 Å². The number of furan rings is 1. The first kappa shape index (κ1) is 108. The van der Waals surface area contributed by atoms with Crippen molar-refractivity contribution in [2.45, 2.75) is 184 Å². The zero-order valence-corrected chi connectivity index (χ0v) is 94.7. The molecule has 20 aromatic rings. The van der Waals surface area contributed by atoms with E-state index in [-0.39, 0.29) is 85.8 Å². The van der Waals surface area contributed by atoms with E-state index in [0.717, 1.165) is 132 Å². The van der Waals surface area contributed by atoms with E-state index in [4.69, 9.17) is 14.4 Å². The SMILES string of the molecule is C=Cc1ccc(-c2nc(C)nn2-c2[c-]ccc(-n3c(C)c(C)c(C)c3C)c2)c(C)c1.CC(C)c1cccc(C(C)C)c1-n1ccnc1-c1[c-]cccc1.Cc1cc(CC(C)(C)C)cc(C)c1-n1cnnc1-c1[c-]ccnc1.Cc1cc(Cc2cccc3c2oc2ccccc23)cc(C)c1-n1ccnc1-c1[c-]cccc1.Cc1nc(-c2ccccc2C)n(-c2[c-]ccc(-n3c(C)c(C)c(C)c3C)c2)n1.[Ir].[Ir].[Ir].[Ir]. The van der Waals surface area contributed by atoms with Gasteiger partial charge < -0.3 is 32.2 Å². The van der Waals surface area contributed by atoms with Gasteiger partial charge in [0.2, 0.25) is 0 Å². The van der Waals surface area contributed by atoms with Gasteiger partial charge >= 0.3 is 0 Å². The van der Waals surface area contributed by atoms with Crippen molar-refractivity contribution in [3.63, 3.8) is 0 Å². The maximum Gasteiger partial charge on any atom is 0.161 e. The van der Waals surface area contributed by atoms with E-state index in [0.29, 0.717) is 11.8 Å². The number of imidazole rings is 2. The van der Waals surface area contributed by atoms with E-state index in [1.165, 1.54) is 123 Å². The largest absolute Gasteiger partial charge is 0.456 e. The molecule has 9 aromatic heterocycles. The number of rotatable bonds is 18. The molecular formula is C121H121Ir4N16O-5. The van der Waals surface area contributed by atoms with Crippen molar-refractivity contribution in [2.75, 3.05) is 0 Å². The second kappa shape index (κ2) is 46.9. The average Bonchev–Trinajstić information content (AvgIpc) is 1.51. The van der Waals surface area contributed by atoms with Crippen molar-refractivity contribution in [1.82, 2.24) is 77.5 Å². The normalized spacial score (nSPS) is 11.0. The van der Waals surface area contributed by atoms with Crippen molar-refractivity contribution in [2.24, 2.45) is 5.41 Å². The van der Waals surface area contributed by atoms with Crippen LogP contribution in [0.1, 0.15) is 184 Å². The van der Waals surface area contributed by atoms with Gasteiger partial charge in [0.15, 0.2) is 11.6 Å². The molecular weight excluding hydrogens is 2460 g/mol. The Balaban J connectivity index is 0.000000158. The van der Waals surface area contributed by atoms with Crippen LogP contribution in [0.2, 0.25) is 0 Å². The molecule has 142 heavy (non-hydrogen) atoms. The van der Waals surface area contributed by atoms with Crippen LogP contribution in [0.15, 0.2) is 273 Å². The third kappa shape index (κ3) is 23.2. The summed E-state index contributed by atoms with van der Waals surface area (Å²) in [6.45, 7) is 53.7. The number of nitrogens with zero attached hydrogens (tertiary/aromatic N) is 16. The molecule has 0 unspecified atom stereocenters. The molecule has 0 atom stereocenters. The number of hydrogen-bond donors (Lipinski definition) is 0. The number of para-hydroxylation sites is 3. The molecule has 0 aliphatic heterocycles. The third-order valence-electron chi connectivity index (χ3n) is 26.0. The summed E-state index contributed by atoms with van der Waals surface area (Å²) in [5.41, 5.74) is 39.9. The molecule has 11 aromatic carbocycles. The van der Waals surface area contributed by atoms with Crippen LogP contribution in [0, 0.1) is 147 Å². The molecule has 4 radical (unpaired) electrons. The van der Waals surface area contributed by atoms with Gasteiger partial charge in [-0.1, -0.05) is 212 Å². The second-order valence-electron chi connectivity index (χ2n) is 37.8. The van der Waals surface area contributed by atoms with E-state index in [2.05, 4.69) is 376 Å². The molecule has 0 bridgehead atoms. The fourth-order valence-corrected chi connectivity index (χ4v) is 18.9. The first-order chi connectivity index (χ1) is 66.3. The van der Waals surface area contributed by atoms with Crippen LogP contribution in [-0.4, -0.2) is 77.5 Å². The van der Waals surface area contributed by atoms with Gasteiger partial charge in [-0.3, -0.25) is 9.97 Å². The van der Waals surface area contributed by atoms with Crippen LogP contribution in [0.4, 0.5) is 0 Å². The van der Waals surface area contributed by atoms with E-state index < -0.39 is 0 Å². The number of hydrogen-bond acceptors (Lipinski definition) is 10. The molecule has 0 saturated heterocycles. The van der Waals surface area contributed by atoms with Crippen LogP contribution in [0.5, 0.6) is 0 Å². The van der Waals surface area contributed by atoms with Gasteiger partial charge in [-0.25, -0.2) is 19.3 Å². The summed E-state index contributed by atoms with van der Waals surface area (Å²) in [5, 5.41) is 20.1. The molecule has 17 nitrogen and oxygen atoms in total. The standard InChI is InChI=1S/C30H23N2O.C26H27N4.C24H25N4.C21H23N2.C20H23N4.4Ir/c1-20-17-22(19-24-11-8-13-26-25-12-6-7-14-27(25)33-29(24)26)18-21(2)28(20)32-16-15-31-30(32)23-9-4-3-5-10-23;1-8-22-12-13-25(16(2)14-22)26-27-21(7)28-30(26)24-11-9-10-23(15-24)29-19(5)17(3)18(4)20(29)6;1-15-10-7-8-13-23(15)24-25-20(6)26-28(24)22-12-9-11-21(14-22)27-18(4)16(2)17(3)19(27)5;1-15(2)18-11-8-12-19(16(3)4)20(18)23-14-13-22-21(23)17-9-6-5-7-10-17;1-14-9-16(11-20(3,4)5)10-15(2)18(14)24-13-22-23-19(24)17-7-6-8-21-12-17;;;;/h3-9,11-18H,19H2,1-2H3;8-10,12-15H,1H2,2-7H3;7-11,13-14H,1-6H3;5-9,11-16H,1-4H3;6,8-10,12-13H,11H2,1-5H3;;;;/q5*-1;;;;. The molecule has 21 heteroatoms. The monoisotopic (exact) mass is 2590 g/mol. The Morgan fingerprint density at radius 2 is 0.880 bits per heavy atom. The Labute approximate surface area is 891 Å². The van der Waals surface area contributed by atoms with Gasteiger partial charge in [0.25, 0.3) is 0 Å².